The van der Waals surface area contributed by atoms with E-state index in [1.165, 1.54) is 6.92 Å². The number of likely N-dealkylation sites (N-methyl/N-ethyl adjacent to an activating group) is 2. The molecule has 0 saturated carbocycles. The minimum absolute atomic E-state index is 0.0291. The number of carbonyl (C=O) groups is 1. The third-order valence-corrected chi connectivity index (χ3v) is 8.87. The van der Waals surface area contributed by atoms with Crippen molar-refractivity contribution in [2.45, 2.75) is 135 Å². The second-order valence-electron chi connectivity index (χ2n) is 13.2. The molecule has 12 atom stereocenters. The molecule has 0 aromatic rings. The Labute approximate surface area is 241 Å². The fraction of sp³-hybridized carbons (Fsp3) is 0.900. The molecule has 4 N–H and O–H groups in total. The molecule has 0 bridgehead atoms. The van der Waals surface area contributed by atoms with E-state index in [0.717, 1.165) is 0 Å². The van der Waals surface area contributed by atoms with Gasteiger partial charge in [-0.2, -0.15) is 0 Å². The summed E-state index contributed by atoms with van der Waals surface area (Å²) in [7, 11) is 5.67. The second-order valence-corrected chi connectivity index (χ2v) is 13.2. The lowest BCUT2D eigenvalue weighted by Crippen LogP contribution is -2.59. The molecule has 0 aliphatic carbocycles. The highest BCUT2D eigenvalue weighted by Crippen LogP contribution is 2.35. The number of hydrogen-bond donors (Lipinski definition) is 4. The summed E-state index contributed by atoms with van der Waals surface area (Å²) in [5.41, 5.74) is -2.76. The summed E-state index contributed by atoms with van der Waals surface area (Å²) in [6, 6.07) is -0.638. The molecule has 2 aliphatic heterocycles. The van der Waals surface area contributed by atoms with E-state index in [-0.39, 0.29) is 18.1 Å². The van der Waals surface area contributed by atoms with Crippen molar-refractivity contribution in [3.63, 3.8) is 0 Å². The highest BCUT2D eigenvalue weighted by atomic mass is 16.7. The van der Waals surface area contributed by atoms with E-state index in [1.54, 1.807) is 26.8 Å². The predicted octanol–water partition coefficient (Wildman–Crippen LogP) is 1.92. The van der Waals surface area contributed by atoms with Crippen molar-refractivity contribution >= 4 is 5.97 Å². The van der Waals surface area contributed by atoms with Crippen LogP contribution >= 0.6 is 0 Å². The van der Waals surface area contributed by atoms with E-state index in [1.807, 2.05) is 58.6 Å². The average molecular weight is 573 g/mol. The minimum Gasteiger partial charge on any atom is -0.456 e. The number of cyclic esters (lactones) is 1. The maximum atomic E-state index is 13.2. The molecule has 2 heterocycles. The molecular formula is C30H56N2O8. The van der Waals surface area contributed by atoms with Crippen LogP contribution in [0.2, 0.25) is 0 Å². The SMILES string of the molecule is CC[C@H]1OC(=O)/C(C)=C\[C@H](C)[C@@H](O[C@@H]2O[C@H](C)CC(N(C)C)[C@H]2O)[C@](C)(O)C[C@@H](C)CN(C)[C@H](C)[C@@H](O)[C@]1(C)O. The van der Waals surface area contributed by atoms with E-state index >= 15 is 0 Å². The van der Waals surface area contributed by atoms with Gasteiger partial charge in [0.15, 0.2) is 6.29 Å². The van der Waals surface area contributed by atoms with Gasteiger partial charge in [-0.05, 0) is 80.9 Å². The second kappa shape index (κ2) is 13.9. The molecule has 1 unspecified atom stereocenters. The van der Waals surface area contributed by atoms with E-state index in [9.17, 15) is 25.2 Å². The molecule has 2 rings (SSSR count). The first-order valence-electron chi connectivity index (χ1n) is 14.7. The molecule has 2 aliphatic rings. The Morgan fingerprint density at radius 2 is 1.75 bits per heavy atom. The zero-order chi connectivity index (χ0) is 30.7. The van der Waals surface area contributed by atoms with E-state index in [4.69, 9.17) is 14.2 Å². The normalized spacial score (nSPS) is 46.7. The molecule has 0 spiro atoms. The molecule has 40 heavy (non-hydrogen) atoms. The lowest BCUT2D eigenvalue weighted by atomic mass is 9.81. The molecule has 1 saturated heterocycles. The summed E-state index contributed by atoms with van der Waals surface area (Å²) >= 11 is 0. The van der Waals surface area contributed by atoms with Crippen LogP contribution in [-0.2, 0) is 19.0 Å². The number of hydrogen-bond acceptors (Lipinski definition) is 10. The van der Waals surface area contributed by atoms with Crippen molar-refractivity contribution in [2.24, 2.45) is 11.8 Å². The maximum absolute atomic E-state index is 13.2. The number of esters is 1. The van der Waals surface area contributed by atoms with E-state index < -0.39 is 59.8 Å². The van der Waals surface area contributed by atoms with Crippen molar-refractivity contribution in [2.75, 3.05) is 27.7 Å². The fourth-order valence-corrected chi connectivity index (χ4v) is 6.49. The van der Waals surface area contributed by atoms with Crippen LogP contribution in [0, 0.1) is 11.8 Å². The van der Waals surface area contributed by atoms with Gasteiger partial charge in [0.2, 0.25) is 0 Å². The van der Waals surface area contributed by atoms with Gasteiger partial charge in [0.25, 0.3) is 0 Å². The van der Waals surface area contributed by atoms with Gasteiger partial charge in [-0.3, -0.25) is 0 Å². The fourth-order valence-electron chi connectivity index (χ4n) is 6.49. The Morgan fingerprint density at radius 3 is 2.30 bits per heavy atom. The number of carbonyl (C=O) groups excluding carboxylic acids is 1. The van der Waals surface area contributed by atoms with Crippen molar-refractivity contribution in [1.82, 2.24) is 9.80 Å². The van der Waals surface area contributed by atoms with Crippen LogP contribution in [0.4, 0.5) is 0 Å². The van der Waals surface area contributed by atoms with Gasteiger partial charge in [-0.25, -0.2) is 4.79 Å². The quantitative estimate of drug-likeness (QED) is 0.371. The van der Waals surface area contributed by atoms with Crippen molar-refractivity contribution in [1.29, 1.82) is 0 Å². The Bertz CT molecular complexity index is 863. The summed E-state index contributed by atoms with van der Waals surface area (Å²) in [4.78, 5) is 17.1. The zero-order valence-electron chi connectivity index (χ0n) is 26.5. The average Bonchev–Trinajstić information content (AvgIpc) is 2.84. The van der Waals surface area contributed by atoms with Crippen LogP contribution in [-0.4, -0.2) is 124 Å². The molecule has 10 nitrogen and oxygen atoms in total. The van der Waals surface area contributed by atoms with Gasteiger partial charge in [-0.1, -0.05) is 26.8 Å². The topological polar surface area (TPSA) is 132 Å². The van der Waals surface area contributed by atoms with Crippen molar-refractivity contribution in [3.05, 3.63) is 11.6 Å². The van der Waals surface area contributed by atoms with Crippen LogP contribution in [0.1, 0.15) is 74.7 Å². The lowest BCUT2D eigenvalue weighted by Gasteiger charge is -2.45. The number of rotatable bonds is 4. The van der Waals surface area contributed by atoms with Crippen molar-refractivity contribution in [3.8, 4) is 0 Å². The summed E-state index contributed by atoms with van der Waals surface area (Å²) < 4.78 is 18.2. The highest BCUT2D eigenvalue weighted by Gasteiger charge is 2.47. The minimum atomic E-state index is -1.68. The van der Waals surface area contributed by atoms with E-state index in [2.05, 4.69) is 0 Å². The number of ether oxygens (including phenoxy) is 3. The van der Waals surface area contributed by atoms with Gasteiger partial charge in [-0.15, -0.1) is 0 Å². The summed E-state index contributed by atoms with van der Waals surface area (Å²) in [5, 5.41) is 45.5. The first kappa shape index (κ1) is 35.1. The first-order valence-corrected chi connectivity index (χ1v) is 14.7. The van der Waals surface area contributed by atoms with Gasteiger partial charge in [0.05, 0.1) is 17.8 Å². The van der Waals surface area contributed by atoms with Crippen LogP contribution in [0.15, 0.2) is 11.6 Å². The van der Waals surface area contributed by atoms with Gasteiger partial charge >= 0.3 is 5.97 Å². The standard InChI is InChI=1S/C30H56N2O8/c1-12-23-30(8,37)25(34)21(6)32(11)16-17(2)15-29(7,36)26(18(3)13-19(4)27(35)39-23)40-28-24(33)22(31(9)10)14-20(5)38-28/h13,17-18,20-26,28,33-34,36-37H,12,14-16H2,1-11H3/b19-13-/t17-,18+,20-,21-,22?,23-,24-,25-,26-,28+,29-,30-/m1/s1. The molecule has 234 valence electrons. The number of aliphatic hydroxyl groups is 4. The Kier molecular flexibility index (Phi) is 12.2. The summed E-state index contributed by atoms with van der Waals surface area (Å²) in [6.07, 6.45) is -2.01. The molecular weight excluding hydrogens is 516 g/mol. The molecule has 0 amide bonds. The molecule has 0 radical (unpaired) electrons. The number of aliphatic hydroxyl groups excluding tert-OH is 2. The van der Waals surface area contributed by atoms with E-state index in [0.29, 0.717) is 31.4 Å². The smallest absolute Gasteiger partial charge is 0.333 e. The monoisotopic (exact) mass is 572 g/mol. The van der Waals surface area contributed by atoms with Crippen LogP contribution in [0.25, 0.3) is 0 Å². The predicted molar refractivity (Wildman–Crippen MR) is 154 cm³/mol. The lowest BCUT2D eigenvalue weighted by molar-refractivity contribution is -0.292. The Hall–Kier alpha value is -1.11. The molecule has 10 heteroatoms. The third kappa shape index (κ3) is 8.25. The van der Waals surface area contributed by atoms with Crippen LogP contribution in [0.3, 0.4) is 0 Å². The number of nitrogens with zero attached hydrogens (tertiary/aromatic N) is 2. The van der Waals surface area contributed by atoms with Gasteiger partial charge < -0.3 is 44.4 Å². The van der Waals surface area contributed by atoms with Crippen LogP contribution < -0.4 is 0 Å². The molecule has 0 aromatic carbocycles. The molecule has 0 aromatic heterocycles. The molecule has 1 fully saturated rings. The Balaban J connectivity index is 2.52. The van der Waals surface area contributed by atoms with Crippen LogP contribution in [0.5, 0.6) is 0 Å². The van der Waals surface area contributed by atoms with Gasteiger partial charge in [0, 0.05) is 30.1 Å². The van der Waals surface area contributed by atoms with Crippen molar-refractivity contribution < 1.29 is 39.4 Å². The summed E-state index contributed by atoms with van der Waals surface area (Å²) in [5.74, 6) is -1.11. The maximum Gasteiger partial charge on any atom is 0.333 e. The first-order chi connectivity index (χ1) is 18.3. The third-order valence-electron chi connectivity index (χ3n) is 8.87. The van der Waals surface area contributed by atoms with Gasteiger partial charge in [0.1, 0.15) is 23.9 Å². The Morgan fingerprint density at radius 1 is 1.15 bits per heavy atom. The largest absolute Gasteiger partial charge is 0.456 e. The summed E-state index contributed by atoms with van der Waals surface area (Å²) in [6.45, 7) is 14.8. The zero-order valence-corrected chi connectivity index (χ0v) is 26.5. The highest BCUT2D eigenvalue weighted by molar-refractivity contribution is 5.88.